The average molecular weight is 801 g/mol. The number of anilines is 6. The van der Waals surface area contributed by atoms with Gasteiger partial charge in [-0.25, -0.2) is 0 Å². The van der Waals surface area contributed by atoms with Crippen molar-refractivity contribution in [3.05, 3.63) is 193 Å². The van der Waals surface area contributed by atoms with E-state index in [-0.39, 0.29) is 5.41 Å². The van der Waals surface area contributed by atoms with E-state index in [0.717, 1.165) is 34.1 Å². The topological polar surface area (TPSA) is 6.48 Å². The molecule has 310 valence electrons. The lowest BCUT2D eigenvalue weighted by molar-refractivity contribution is 0.398. The van der Waals surface area contributed by atoms with Crippen LogP contribution in [0, 0.1) is 0 Å². The first-order valence-electron chi connectivity index (χ1n) is 23.4. The fourth-order valence-corrected chi connectivity index (χ4v) is 9.89. The highest BCUT2D eigenvalue weighted by Crippen LogP contribution is 2.55. The van der Waals surface area contributed by atoms with Gasteiger partial charge < -0.3 is 9.80 Å². The SMILES string of the molecule is CCCCCCCCC1(CCCCCCCC)c2ccccc2-c2ccc(-c3ccc(N(c4ccccc4)c4ccc(N(c5ccccc5)c5ccccc5)cc4)cc3)cc21. The third kappa shape index (κ3) is 9.55. The number of hydrogen-bond donors (Lipinski definition) is 0. The van der Waals surface area contributed by atoms with E-state index in [2.05, 4.69) is 206 Å². The first kappa shape index (κ1) is 41.9. The molecule has 0 amide bonds. The zero-order chi connectivity index (χ0) is 41.7. The standard InChI is InChI=1S/C59H64N2/c1-3-5-7-9-11-24-44-59(45-25-12-10-8-6-4-2)57-33-23-22-32-55(57)56-43-36-48(46-58(56)59)47-34-37-52(38-35-47)61(51-30-20-15-21-31-51)54-41-39-53(40-42-54)60(49-26-16-13-17-27-49)50-28-18-14-19-29-50/h13-23,26-43,46H,3-12,24-25,44-45H2,1-2H3. The maximum Gasteiger partial charge on any atom is 0.0463 e. The van der Waals surface area contributed by atoms with Crippen LogP contribution < -0.4 is 9.80 Å². The third-order valence-electron chi connectivity index (χ3n) is 13.1. The van der Waals surface area contributed by atoms with E-state index in [1.165, 1.54) is 112 Å². The highest BCUT2D eigenvalue weighted by Gasteiger charge is 2.42. The van der Waals surface area contributed by atoms with Crippen LogP contribution in [0.15, 0.2) is 182 Å². The number of benzene rings is 7. The van der Waals surface area contributed by atoms with Gasteiger partial charge in [0, 0.05) is 39.5 Å². The summed E-state index contributed by atoms with van der Waals surface area (Å²) >= 11 is 0. The van der Waals surface area contributed by atoms with Crippen LogP contribution in [0.1, 0.15) is 115 Å². The second kappa shape index (κ2) is 20.6. The molecule has 7 aromatic rings. The Hall–Kier alpha value is -5.86. The van der Waals surface area contributed by atoms with Gasteiger partial charge in [0.05, 0.1) is 0 Å². The minimum Gasteiger partial charge on any atom is -0.311 e. The second-order valence-corrected chi connectivity index (χ2v) is 17.2. The fraction of sp³-hybridized carbons (Fsp3) is 0.288. The van der Waals surface area contributed by atoms with Crippen molar-refractivity contribution < 1.29 is 0 Å². The molecule has 7 aromatic carbocycles. The van der Waals surface area contributed by atoms with Gasteiger partial charge in [0.25, 0.3) is 0 Å². The molecule has 2 heteroatoms. The van der Waals surface area contributed by atoms with Gasteiger partial charge in [-0.2, -0.15) is 0 Å². The Morgan fingerprint density at radius 3 is 1.15 bits per heavy atom. The van der Waals surface area contributed by atoms with Crippen LogP contribution in [-0.2, 0) is 5.41 Å². The molecule has 0 radical (unpaired) electrons. The van der Waals surface area contributed by atoms with Gasteiger partial charge >= 0.3 is 0 Å². The largest absolute Gasteiger partial charge is 0.311 e. The van der Waals surface area contributed by atoms with Gasteiger partial charge in [-0.05, 0) is 125 Å². The van der Waals surface area contributed by atoms with Gasteiger partial charge in [-0.15, -0.1) is 0 Å². The first-order valence-corrected chi connectivity index (χ1v) is 23.4. The Morgan fingerprint density at radius 2 is 0.672 bits per heavy atom. The third-order valence-corrected chi connectivity index (χ3v) is 13.1. The molecule has 0 spiro atoms. The van der Waals surface area contributed by atoms with Crippen LogP contribution >= 0.6 is 0 Å². The van der Waals surface area contributed by atoms with Gasteiger partial charge in [0.15, 0.2) is 0 Å². The summed E-state index contributed by atoms with van der Waals surface area (Å²) in [5.74, 6) is 0. The molecule has 0 saturated heterocycles. The van der Waals surface area contributed by atoms with E-state index in [1.807, 2.05) is 0 Å². The summed E-state index contributed by atoms with van der Waals surface area (Å²) in [5, 5.41) is 0. The van der Waals surface area contributed by atoms with Crippen LogP contribution in [0.4, 0.5) is 34.1 Å². The molecule has 1 aliphatic carbocycles. The predicted octanol–water partition coefficient (Wildman–Crippen LogP) is 18.1. The summed E-state index contributed by atoms with van der Waals surface area (Å²) in [7, 11) is 0. The van der Waals surface area contributed by atoms with Crippen LogP contribution in [0.3, 0.4) is 0 Å². The number of rotatable bonds is 21. The van der Waals surface area contributed by atoms with Crippen molar-refractivity contribution in [1.29, 1.82) is 0 Å². The molecule has 0 atom stereocenters. The minimum atomic E-state index is 0.0737. The molecular weight excluding hydrogens is 737 g/mol. The smallest absolute Gasteiger partial charge is 0.0463 e. The molecule has 0 unspecified atom stereocenters. The lowest BCUT2D eigenvalue weighted by Gasteiger charge is -2.33. The average Bonchev–Trinajstić information content (AvgIpc) is 3.59. The predicted molar refractivity (Wildman–Crippen MR) is 263 cm³/mol. The molecule has 0 heterocycles. The maximum absolute atomic E-state index is 2.58. The molecule has 2 nitrogen and oxygen atoms in total. The zero-order valence-corrected chi connectivity index (χ0v) is 36.6. The van der Waals surface area contributed by atoms with Gasteiger partial charge in [-0.3, -0.25) is 0 Å². The van der Waals surface area contributed by atoms with E-state index in [4.69, 9.17) is 0 Å². The quantitative estimate of drug-likeness (QED) is 0.0668. The molecule has 8 rings (SSSR count). The van der Waals surface area contributed by atoms with E-state index in [1.54, 1.807) is 11.1 Å². The van der Waals surface area contributed by atoms with E-state index in [9.17, 15) is 0 Å². The lowest BCUT2D eigenvalue weighted by Crippen LogP contribution is -2.25. The van der Waals surface area contributed by atoms with E-state index >= 15 is 0 Å². The fourth-order valence-electron chi connectivity index (χ4n) is 9.89. The Labute approximate surface area is 366 Å². The van der Waals surface area contributed by atoms with Crippen molar-refractivity contribution in [2.45, 2.75) is 109 Å². The number of fused-ring (bicyclic) bond motifs is 3. The summed E-state index contributed by atoms with van der Waals surface area (Å²) in [4.78, 5) is 4.69. The van der Waals surface area contributed by atoms with Crippen LogP contribution in [0.25, 0.3) is 22.3 Å². The van der Waals surface area contributed by atoms with Crippen LogP contribution in [0.5, 0.6) is 0 Å². The zero-order valence-electron chi connectivity index (χ0n) is 36.6. The Bertz CT molecular complexity index is 2330. The minimum absolute atomic E-state index is 0.0737. The highest BCUT2D eigenvalue weighted by molar-refractivity contribution is 5.85. The van der Waals surface area contributed by atoms with Crippen molar-refractivity contribution in [3.63, 3.8) is 0 Å². The number of unbranched alkanes of at least 4 members (excludes halogenated alkanes) is 10. The number of para-hydroxylation sites is 3. The summed E-state index contributed by atoms with van der Waals surface area (Å²) < 4.78 is 0. The Balaban J connectivity index is 1.10. The van der Waals surface area contributed by atoms with Crippen molar-refractivity contribution in [2.75, 3.05) is 9.80 Å². The van der Waals surface area contributed by atoms with Gasteiger partial charge in [0.1, 0.15) is 0 Å². The van der Waals surface area contributed by atoms with E-state index in [0.29, 0.717) is 0 Å². The maximum atomic E-state index is 2.58. The molecule has 0 aromatic heterocycles. The molecule has 0 saturated carbocycles. The summed E-state index contributed by atoms with van der Waals surface area (Å²) in [6, 6.07) is 67.0. The molecule has 1 aliphatic rings. The summed E-state index contributed by atoms with van der Waals surface area (Å²) in [6.07, 6.45) is 18.5. The van der Waals surface area contributed by atoms with Crippen molar-refractivity contribution >= 4 is 34.1 Å². The van der Waals surface area contributed by atoms with Crippen molar-refractivity contribution in [3.8, 4) is 22.3 Å². The van der Waals surface area contributed by atoms with Crippen molar-refractivity contribution in [1.82, 2.24) is 0 Å². The number of nitrogens with zero attached hydrogens (tertiary/aromatic N) is 2. The lowest BCUT2D eigenvalue weighted by atomic mass is 9.70. The molecular formula is C59H64N2. The Kier molecular flexibility index (Phi) is 14.1. The molecule has 0 N–H and O–H groups in total. The first-order chi connectivity index (χ1) is 30.2. The second-order valence-electron chi connectivity index (χ2n) is 17.2. The van der Waals surface area contributed by atoms with Gasteiger partial charge in [-0.1, -0.05) is 194 Å². The normalized spacial score (nSPS) is 12.5. The van der Waals surface area contributed by atoms with Crippen molar-refractivity contribution in [2.24, 2.45) is 0 Å². The Morgan fingerprint density at radius 1 is 0.311 bits per heavy atom. The van der Waals surface area contributed by atoms with E-state index < -0.39 is 0 Å². The summed E-state index contributed by atoms with van der Waals surface area (Å²) in [5.41, 5.74) is 15.5. The van der Waals surface area contributed by atoms with Crippen LogP contribution in [-0.4, -0.2) is 0 Å². The number of hydrogen-bond acceptors (Lipinski definition) is 2. The summed E-state index contributed by atoms with van der Waals surface area (Å²) in [6.45, 7) is 4.63. The molecule has 0 bridgehead atoms. The molecule has 0 fully saturated rings. The molecule has 0 aliphatic heterocycles. The van der Waals surface area contributed by atoms with Gasteiger partial charge in [0.2, 0.25) is 0 Å². The highest BCUT2D eigenvalue weighted by atomic mass is 15.2. The molecule has 61 heavy (non-hydrogen) atoms. The van der Waals surface area contributed by atoms with Crippen LogP contribution in [0.2, 0.25) is 0 Å². The monoisotopic (exact) mass is 801 g/mol.